The monoisotopic (exact) mass is 248 g/mol. The minimum absolute atomic E-state index is 0.445. The molecule has 0 aromatic carbocycles. The van der Waals surface area contributed by atoms with Crippen LogP contribution in [0.15, 0.2) is 18.5 Å². The Balaban J connectivity index is 2.68. The Bertz CT molecular complexity index is 336. The molecule has 0 aliphatic rings. The molecule has 2 nitrogen and oxygen atoms in total. The number of hydrogen-bond acceptors (Lipinski definition) is 2. The van der Waals surface area contributed by atoms with Crippen LogP contribution < -0.4 is 5.32 Å². The lowest BCUT2D eigenvalue weighted by molar-refractivity contribution is 0.364. The Hall–Kier alpha value is -0.890. The molecule has 102 valence electrons. The first-order valence-corrected chi connectivity index (χ1v) is 7.30. The highest BCUT2D eigenvalue weighted by atomic mass is 14.9. The van der Waals surface area contributed by atoms with E-state index in [0.29, 0.717) is 6.04 Å². The van der Waals surface area contributed by atoms with Gasteiger partial charge in [-0.1, -0.05) is 39.5 Å². The quantitative estimate of drug-likeness (QED) is 0.743. The van der Waals surface area contributed by atoms with Gasteiger partial charge < -0.3 is 5.32 Å². The molecular formula is C16H28N2. The van der Waals surface area contributed by atoms with E-state index in [-0.39, 0.29) is 0 Å². The third-order valence-electron chi connectivity index (χ3n) is 3.92. The standard InChI is InChI=1S/C16H28N2/c1-5-7-8-14(6-2)11-16(17-4)15-12-18-10-9-13(15)3/h9-10,12,14,16-17H,5-8,11H2,1-4H3. The van der Waals surface area contributed by atoms with Crippen molar-refractivity contribution in [3.63, 3.8) is 0 Å². The Morgan fingerprint density at radius 2 is 2.11 bits per heavy atom. The third kappa shape index (κ3) is 4.41. The summed E-state index contributed by atoms with van der Waals surface area (Å²) in [7, 11) is 2.06. The fourth-order valence-corrected chi connectivity index (χ4v) is 2.56. The average molecular weight is 248 g/mol. The van der Waals surface area contributed by atoms with Gasteiger partial charge >= 0.3 is 0 Å². The molecule has 1 aromatic rings. The second kappa shape index (κ2) is 8.25. The van der Waals surface area contributed by atoms with E-state index < -0.39 is 0 Å². The number of rotatable bonds is 8. The van der Waals surface area contributed by atoms with Crippen molar-refractivity contribution in [2.75, 3.05) is 7.05 Å². The molecule has 0 fully saturated rings. The van der Waals surface area contributed by atoms with Gasteiger partial charge in [-0.2, -0.15) is 0 Å². The first-order chi connectivity index (χ1) is 8.72. The summed E-state index contributed by atoms with van der Waals surface area (Å²) in [5.41, 5.74) is 2.70. The summed E-state index contributed by atoms with van der Waals surface area (Å²) in [4.78, 5) is 4.27. The fourth-order valence-electron chi connectivity index (χ4n) is 2.56. The maximum absolute atomic E-state index is 4.27. The van der Waals surface area contributed by atoms with E-state index in [0.717, 1.165) is 5.92 Å². The molecule has 0 amide bonds. The number of nitrogens with one attached hydrogen (secondary N) is 1. The predicted molar refractivity (Wildman–Crippen MR) is 78.7 cm³/mol. The fraction of sp³-hybridized carbons (Fsp3) is 0.688. The molecule has 0 spiro atoms. The summed E-state index contributed by atoms with van der Waals surface area (Å²) in [5.74, 6) is 0.821. The minimum Gasteiger partial charge on any atom is -0.313 e. The SMILES string of the molecule is CCCCC(CC)CC(NC)c1cnccc1C. The Morgan fingerprint density at radius 3 is 2.67 bits per heavy atom. The summed E-state index contributed by atoms with van der Waals surface area (Å²) < 4.78 is 0. The molecule has 0 radical (unpaired) electrons. The highest BCUT2D eigenvalue weighted by Crippen LogP contribution is 2.27. The van der Waals surface area contributed by atoms with E-state index in [1.165, 1.54) is 43.2 Å². The number of nitrogens with zero attached hydrogens (tertiary/aromatic N) is 1. The average Bonchev–Trinajstić information content (AvgIpc) is 2.40. The molecule has 2 heteroatoms. The number of aromatic nitrogens is 1. The van der Waals surface area contributed by atoms with Crippen LogP contribution in [0.1, 0.15) is 63.1 Å². The molecule has 1 heterocycles. The molecule has 1 aromatic heterocycles. The van der Waals surface area contributed by atoms with Crippen LogP contribution >= 0.6 is 0 Å². The van der Waals surface area contributed by atoms with E-state index in [1.807, 2.05) is 12.4 Å². The van der Waals surface area contributed by atoms with Crippen molar-refractivity contribution in [2.24, 2.45) is 5.92 Å². The van der Waals surface area contributed by atoms with Crippen LogP contribution in [0.4, 0.5) is 0 Å². The van der Waals surface area contributed by atoms with Gasteiger partial charge in [0.2, 0.25) is 0 Å². The van der Waals surface area contributed by atoms with Crippen LogP contribution in [-0.4, -0.2) is 12.0 Å². The van der Waals surface area contributed by atoms with Crippen molar-refractivity contribution >= 4 is 0 Å². The van der Waals surface area contributed by atoms with Crippen molar-refractivity contribution in [1.82, 2.24) is 10.3 Å². The van der Waals surface area contributed by atoms with Crippen molar-refractivity contribution in [3.8, 4) is 0 Å². The number of aryl methyl sites for hydroxylation is 1. The summed E-state index contributed by atoms with van der Waals surface area (Å²) in [6.45, 7) is 6.75. The smallest absolute Gasteiger partial charge is 0.0338 e. The second-order valence-corrected chi connectivity index (χ2v) is 5.23. The molecule has 0 aliphatic heterocycles. The zero-order chi connectivity index (χ0) is 13.4. The van der Waals surface area contributed by atoms with Crippen LogP contribution in [-0.2, 0) is 0 Å². The zero-order valence-electron chi connectivity index (χ0n) is 12.4. The van der Waals surface area contributed by atoms with Crippen LogP contribution in [0, 0.1) is 12.8 Å². The maximum atomic E-state index is 4.27. The first kappa shape index (κ1) is 15.2. The topological polar surface area (TPSA) is 24.9 Å². The molecule has 1 N–H and O–H groups in total. The van der Waals surface area contributed by atoms with Crippen LogP contribution in [0.5, 0.6) is 0 Å². The molecule has 0 aliphatic carbocycles. The number of pyridine rings is 1. The molecule has 2 unspecified atom stereocenters. The maximum Gasteiger partial charge on any atom is 0.0338 e. The van der Waals surface area contributed by atoms with Crippen molar-refractivity contribution in [1.29, 1.82) is 0 Å². The van der Waals surface area contributed by atoms with Gasteiger partial charge in [-0.3, -0.25) is 4.98 Å². The molecule has 18 heavy (non-hydrogen) atoms. The Labute approximate surface area is 112 Å². The van der Waals surface area contributed by atoms with Crippen LogP contribution in [0.2, 0.25) is 0 Å². The van der Waals surface area contributed by atoms with Gasteiger partial charge in [-0.25, -0.2) is 0 Å². The molecular weight excluding hydrogens is 220 g/mol. The van der Waals surface area contributed by atoms with Gasteiger partial charge in [0, 0.05) is 18.4 Å². The van der Waals surface area contributed by atoms with Gasteiger partial charge in [0.05, 0.1) is 0 Å². The van der Waals surface area contributed by atoms with Gasteiger partial charge in [-0.15, -0.1) is 0 Å². The first-order valence-electron chi connectivity index (χ1n) is 7.30. The summed E-state index contributed by atoms with van der Waals surface area (Å²) in [6, 6.07) is 2.55. The Kier molecular flexibility index (Phi) is 6.96. The number of hydrogen-bond donors (Lipinski definition) is 1. The van der Waals surface area contributed by atoms with Gasteiger partial charge in [0.1, 0.15) is 0 Å². The van der Waals surface area contributed by atoms with E-state index in [2.05, 4.69) is 44.2 Å². The van der Waals surface area contributed by atoms with Crippen molar-refractivity contribution in [2.45, 2.75) is 58.9 Å². The lowest BCUT2D eigenvalue weighted by Gasteiger charge is -2.23. The van der Waals surface area contributed by atoms with E-state index in [9.17, 15) is 0 Å². The van der Waals surface area contributed by atoms with E-state index >= 15 is 0 Å². The van der Waals surface area contributed by atoms with Gasteiger partial charge in [0.25, 0.3) is 0 Å². The van der Waals surface area contributed by atoms with Crippen LogP contribution in [0.25, 0.3) is 0 Å². The van der Waals surface area contributed by atoms with Gasteiger partial charge in [-0.05, 0) is 43.5 Å². The highest BCUT2D eigenvalue weighted by molar-refractivity contribution is 5.25. The third-order valence-corrected chi connectivity index (χ3v) is 3.92. The summed E-state index contributed by atoms with van der Waals surface area (Å²) in [5, 5.41) is 3.46. The molecule has 1 rings (SSSR count). The summed E-state index contributed by atoms with van der Waals surface area (Å²) in [6.07, 6.45) is 10.4. The summed E-state index contributed by atoms with van der Waals surface area (Å²) >= 11 is 0. The molecule has 2 atom stereocenters. The molecule has 0 saturated carbocycles. The molecule has 0 bridgehead atoms. The van der Waals surface area contributed by atoms with Crippen LogP contribution in [0.3, 0.4) is 0 Å². The largest absolute Gasteiger partial charge is 0.313 e. The lowest BCUT2D eigenvalue weighted by Crippen LogP contribution is -2.21. The predicted octanol–water partition coefficient (Wildman–Crippen LogP) is 4.26. The zero-order valence-corrected chi connectivity index (χ0v) is 12.4. The lowest BCUT2D eigenvalue weighted by atomic mass is 9.88. The normalized spacial score (nSPS) is 14.4. The minimum atomic E-state index is 0.445. The number of unbranched alkanes of at least 4 members (excludes halogenated alkanes) is 1. The van der Waals surface area contributed by atoms with E-state index in [1.54, 1.807) is 0 Å². The molecule has 0 saturated heterocycles. The van der Waals surface area contributed by atoms with Crippen molar-refractivity contribution < 1.29 is 0 Å². The van der Waals surface area contributed by atoms with Gasteiger partial charge in [0.15, 0.2) is 0 Å². The highest BCUT2D eigenvalue weighted by Gasteiger charge is 2.16. The Morgan fingerprint density at radius 1 is 1.33 bits per heavy atom. The second-order valence-electron chi connectivity index (χ2n) is 5.23. The van der Waals surface area contributed by atoms with Crippen molar-refractivity contribution in [3.05, 3.63) is 29.6 Å². The van der Waals surface area contributed by atoms with E-state index in [4.69, 9.17) is 0 Å².